The van der Waals surface area contributed by atoms with E-state index in [1.807, 2.05) is 19.1 Å². The maximum absolute atomic E-state index is 12.9. The lowest BCUT2D eigenvalue weighted by molar-refractivity contribution is 0.0598. The summed E-state index contributed by atoms with van der Waals surface area (Å²) in [4.78, 5) is 25.5. The fourth-order valence-corrected chi connectivity index (χ4v) is 3.37. The van der Waals surface area contributed by atoms with Gasteiger partial charge in [0.25, 0.3) is 0 Å². The first kappa shape index (κ1) is 17.5. The number of hydrogen-bond acceptors (Lipinski definition) is 5. The zero-order valence-electron chi connectivity index (χ0n) is 15.2. The molecule has 2 aromatic heterocycles. The molecule has 8 heteroatoms. The van der Waals surface area contributed by atoms with Crippen LogP contribution < -0.4 is 16.0 Å². The molecule has 1 aliphatic heterocycles. The second-order valence-corrected chi connectivity index (χ2v) is 6.61. The third-order valence-corrected chi connectivity index (χ3v) is 4.84. The van der Waals surface area contributed by atoms with Crippen molar-refractivity contribution >= 4 is 5.65 Å². The molecule has 0 spiro atoms. The molecule has 8 nitrogen and oxygen atoms in total. The standard InChI is InChI=1S/C19H22N4O4/c1-2-27-16-5-3-15(4-6-16)21-9-10-22-17(18(21)24)20-23(19(22)25)13-14-7-11-26-12-8-14/h3-6,9-10,14H,2,7-8,11-13H2,1H3. The van der Waals surface area contributed by atoms with Crippen molar-refractivity contribution in [2.24, 2.45) is 5.92 Å². The van der Waals surface area contributed by atoms with Crippen molar-refractivity contribution in [2.45, 2.75) is 26.3 Å². The molecule has 0 aliphatic carbocycles. The quantitative estimate of drug-likeness (QED) is 0.680. The molecule has 1 aliphatic rings. The number of rotatable bonds is 5. The summed E-state index contributed by atoms with van der Waals surface area (Å²) in [7, 11) is 0. The van der Waals surface area contributed by atoms with Crippen LogP contribution in [0.25, 0.3) is 11.3 Å². The molecule has 0 unspecified atom stereocenters. The fraction of sp³-hybridized carbons (Fsp3) is 0.421. The predicted octanol–water partition coefficient (Wildman–Crippen LogP) is 1.47. The number of aromatic nitrogens is 4. The minimum Gasteiger partial charge on any atom is -0.494 e. The van der Waals surface area contributed by atoms with Gasteiger partial charge in [-0.15, -0.1) is 5.10 Å². The maximum Gasteiger partial charge on any atom is 0.350 e. The van der Waals surface area contributed by atoms with Gasteiger partial charge in [0.05, 0.1) is 6.61 Å². The number of fused-ring (bicyclic) bond motifs is 1. The molecule has 4 rings (SSSR count). The van der Waals surface area contributed by atoms with E-state index in [0.717, 1.165) is 18.6 Å². The average Bonchev–Trinajstić information content (AvgIpc) is 3.01. The minimum atomic E-state index is -0.329. The highest BCUT2D eigenvalue weighted by molar-refractivity contribution is 5.42. The van der Waals surface area contributed by atoms with Gasteiger partial charge in [0.2, 0.25) is 5.65 Å². The van der Waals surface area contributed by atoms with Crippen LogP contribution in [0.3, 0.4) is 0 Å². The Morgan fingerprint density at radius 1 is 1.15 bits per heavy atom. The third-order valence-electron chi connectivity index (χ3n) is 4.84. The summed E-state index contributed by atoms with van der Waals surface area (Å²) in [5.41, 5.74) is 0.206. The van der Waals surface area contributed by atoms with E-state index >= 15 is 0 Å². The Kier molecular flexibility index (Phi) is 4.81. The van der Waals surface area contributed by atoms with Gasteiger partial charge in [-0.05, 0) is 49.9 Å². The van der Waals surface area contributed by atoms with Crippen molar-refractivity contribution in [1.82, 2.24) is 18.7 Å². The van der Waals surface area contributed by atoms with E-state index in [9.17, 15) is 9.59 Å². The highest BCUT2D eigenvalue weighted by atomic mass is 16.5. The lowest BCUT2D eigenvalue weighted by Crippen LogP contribution is -2.28. The molecule has 0 N–H and O–H groups in total. The van der Waals surface area contributed by atoms with Gasteiger partial charge in [0.15, 0.2) is 0 Å². The minimum absolute atomic E-state index is 0.128. The van der Waals surface area contributed by atoms with Crippen LogP contribution in [0.2, 0.25) is 0 Å². The van der Waals surface area contributed by atoms with Crippen LogP contribution in [0.5, 0.6) is 5.75 Å². The van der Waals surface area contributed by atoms with Crippen molar-refractivity contribution < 1.29 is 9.47 Å². The molecule has 0 bridgehead atoms. The van der Waals surface area contributed by atoms with E-state index in [0.29, 0.717) is 38.0 Å². The molecule has 3 aromatic rings. The molecular formula is C19H22N4O4. The molecule has 3 heterocycles. The van der Waals surface area contributed by atoms with Crippen molar-refractivity contribution in [3.05, 3.63) is 57.5 Å². The van der Waals surface area contributed by atoms with Gasteiger partial charge in [-0.25, -0.2) is 13.9 Å². The number of nitrogens with zero attached hydrogens (tertiary/aromatic N) is 4. The third kappa shape index (κ3) is 3.40. The highest BCUT2D eigenvalue weighted by Crippen LogP contribution is 2.16. The van der Waals surface area contributed by atoms with Crippen molar-refractivity contribution in [1.29, 1.82) is 0 Å². The predicted molar refractivity (Wildman–Crippen MR) is 99.8 cm³/mol. The van der Waals surface area contributed by atoms with Gasteiger partial charge in [0.1, 0.15) is 5.75 Å². The van der Waals surface area contributed by atoms with Crippen molar-refractivity contribution in [3.8, 4) is 11.4 Å². The van der Waals surface area contributed by atoms with Crippen molar-refractivity contribution in [2.75, 3.05) is 19.8 Å². The second-order valence-electron chi connectivity index (χ2n) is 6.61. The summed E-state index contributed by atoms with van der Waals surface area (Å²) in [6.07, 6.45) is 4.98. The van der Waals surface area contributed by atoms with Gasteiger partial charge >= 0.3 is 11.2 Å². The molecule has 27 heavy (non-hydrogen) atoms. The monoisotopic (exact) mass is 370 g/mol. The van der Waals surface area contributed by atoms with Gasteiger partial charge < -0.3 is 9.47 Å². The summed E-state index contributed by atoms with van der Waals surface area (Å²) in [6.45, 7) is 4.42. The topological polar surface area (TPSA) is 79.8 Å². The largest absolute Gasteiger partial charge is 0.494 e. The Morgan fingerprint density at radius 2 is 1.89 bits per heavy atom. The summed E-state index contributed by atoms with van der Waals surface area (Å²) in [5, 5.41) is 4.31. The van der Waals surface area contributed by atoms with Gasteiger partial charge in [0, 0.05) is 37.8 Å². The molecular weight excluding hydrogens is 348 g/mol. The summed E-state index contributed by atoms with van der Waals surface area (Å²) in [6, 6.07) is 7.23. The van der Waals surface area contributed by atoms with Gasteiger partial charge in [-0.3, -0.25) is 9.36 Å². The zero-order valence-corrected chi connectivity index (χ0v) is 15.2. The van der Waals surface area contributed by atoms with E-state index in [1.54, 1.807) is 24.5 Å². The Morgan fingerprint density at radius 3 is 2.59 bits per heavy atom. The molecule has 1 aromatic carbocycles. The number of ether oxygens (including phenoxy) is 2. The Hall–Kier alpha value is -2.87. The van der Waals surface area contributed by atoms with E-state index in [1.165, 1.54) is 13.6 Å². The SMILES string of the molecule is CCOc1ccc(-n2ccn3c(=O)n(CC4CCOCC4)nc3c2=O)cc1. The molecule has 0 saturated carbocycles. The first-order chi connectivity index (χ1) is 13.2. The van der Waals surface area contributed by atoms with Crippen LogP contribution in [0.4, 0.5) is 0 Å². The van der Waals surface area contributed by atoms with E-state index < -0.39 is 0 Å². The first-order valence-corrected chi connectivity index (χ1v) is 9.19. The zero-order chi connectivity index (χ0) is 18.8. The van der Waals surface area contributed by atoms with E-state index in [-0.39, 0.29) is 16.9 Å². The van der Waals surface area contributed by atoms with E-state index in [2.05, 4.69) is 5.10 Å². The van der Waals surface area contributed by atoms with Gasteiger partial charge in [-0.2, -0.15) is 0 Å². The summed E-state index contributed by atoms with van der Waals surface area (Å²) in [5.74, 6) is 1.09. The first-order valence-electron chi connectivity index (χ1n) is 9.19. The Labute approximate surface area is 155 Å². The second kappa shape index (κ2) is 7.40. The molecule has 142 valence electrons. The van der Waals surface area contributed by atoms with Crippen LogP contribution in [0, 0.1) is 5.92 Å². The molecule has 0 atom stereocenters. The Balaban J connectivity index is 1.69. The Bertz CT molecular complexity index is 1040. The summed E-state index contributed by atoms with van der Waals surface area (Å²) < 4.78 is 15.0. The van der Waals surface area contributed by atoms with Crippen LogP contribution in [0.1, 0.15) is 19.8 Å². The van der Waals surface area contributed by atoms with Crippen LogP contribution in [0.15, 0.2) is 46.2 Å². The molecule has 1 fully saturated rings. The lowest BCUT2D eigenvalue weighted by atomic mass is 10.0. The molecule has 1 saturated heterocycles. The molecule has 0 amide bonds. The average molecular weight is 370 g/mol. The van der Waals surface area contributed by atoms with Crippen LogP contribution in [-0.4, -0.2) is 38.6 Å². The summed E-state index contributed by atoms with van der Waals surface area (Å²) >= 11 is 0. The van der Waals surface area contributed by atoms with Crippen molar-refractivity contribution in [3.63, 3.8) is 0 Å². The lowest BCUT2D eigenvalue weighted by Gasteiger charge is -2.21. The van der Waals surface area contributed by atoms with Crippen LogP contribution in [-0.2, 0) is 11.3 Å². The number of benzene rings is 1. The highest BCUT2D eigenvalue weighted by Gasteiger charge is 2.18. The normalized spacial score (nSPS) is 15.3. The maximum atomic E-state index is 12.9. The van der Waals surface area contributed by atoms with E-state index in [4.69, 9.17) is 9.47 Å². The fourth-order valence-electron chi connectivity index (χ4n) is 3.37. The molecule has 0 radical (unpaired) electrons. The van der Waals surface area contributed by atoms with Crippen LogP contribution >= 0.6 is 0 Å². The number of hydrogen-bond donors (Lipinski definition) is 0. The smallest absolute Gasteiger partial charge is 0.350 e. The van der Waals surface area contributed by atoms with Gasteiger partial charge in [-0.1, -0.05) is 0 Å².